The summed E-state index contributed by atoms with van der Waals surface area (Å²) in [7, 11) is -0.399. The third-order valence-corrected chi connectivity index (χ3v) is 7.97. The molecule has 28 heavy (non-hydrogen) atoms. The van der Waals surface area contributed by atoms with Gasteiger partial charge in [0.25, 0.3) is 0 Å². The molecule has 0 aromatic carbocycles. The van der Waals surface area contributed by atoms with Gasteiger partial charge in [0, 0.05) is 58.6 Å². The van der Waals surface area contributed by atoms with Gasteiger partial charge in [-0.05, 0) is 52.6 Å². The molecule has 0 unspecified atom stereocenters. The van der Waals surface area contributed by atoms with Crippen LogP contribution in [0.2, 0.25) is 24.2 Å². The fourth-order valence-corrected chi connectivity index (χ4v) is 5.98. The molecule has 0 aromatic rings. The van der Waals surface area contributed by atoms with E-state index in [4.69, 9.17) is 18.9 Å². The minimum absolute atomic E-state index is 0.0289. The number of carbonyl (C=O) groups excluding carboxylic acids is 1. The summed E-state index contributed by atoms with van der Waals surface area (Å²) in [5.74, 6) is 0. The molecule has 0 aliphatic rings. The van der Waals surface area contributed by atoms with E-state index in [-0.39, 0.29) is 37.7 Å². The first-order valence-electron chi connectivity index (χ1n) is 11.2. The molecule has 2 N–H and O–H groups in total. The average molecular weight is 437 g/mol. The SMILES string of the molecule is CCOC(C[SiH2]CCCNC(=O)NCCC[SiH2]CC(OCC)OCC)OCC. The Kier molecular flexibility index (Phi) is 20.9. The Labute approximate surface area is 176 Å². The van der Waals surface area contributed by atoms with Crippen molar-refractivity contribution in [2.24, 2.45) is 0 Å². The summed E-state index contributed by atoms with van der Waals surface area (Å²) in [6.45, 7) is 12.3. The molecule has 0 rings (SSSR count). The van der Waals surface area contributed by atoms with Gasteiger partial charge in [0.05, 0.1) is 0 Å². The molecule has 2 amide bonds. The molecule has 0 saturated heterocycles. The zero-order valence-electron chi connectivity index (χ0n) is 18.6. The van der Waals surface area contributed by atoms with E-state index in [1.165, 1.54) is 12.1 Å². The molecule has 9 heteroatoms. The maximum absolute atomic E-state index is 11.8. The molecule has 0 aliphatic heterocycles. The standard InChI is InChI=1S/C19H44N2O5Si2/c1-5-23-17(24-6-2)15-27-13-9-11-20-19(22)21-12-10-14-28-16-18(25-7-3)26-8-4/h17-18H,5-16,27-28H2,1-4H3,(H2,20,21,22). The Morgan fingerprint density at radius 1 is 0.714 bits per heavy atom. The van der Waals surface area contributed by atoms with Gasteiger partial charge in [-0.15, -0.1) is 0 Å². The fraction of sp³-hybridized carbons (Fsp3) is 0.947. The van der Waals surface area contributed by atoms with Crippen LogP contribution in [0.1, 0.15) is 40.5 Å². The van der Waals surface area contributed by atoms with E-state index >= 15 is 0 Å². The van der Waals surface area contributed by atoms with Crippen LogP contribution in [0.25, 0.3) is 0 Å². The molecule has 0 bridgehead atoms. The highest BCUT2D eigenvalue weighted by Gasteiger charge is 2.08. The summed E-state index contributed by atoms with van der Waals surface area (Å²) in [6.07, 6.45) is 2.01. The average Bonchev–Trinajstić information content (AvgIpc) is 2.67. The normalized spacial score (nSPS) is 12.2. The molecule has 0 aliphatic carbocycles. The van der Waals surface area contributed by atoms with Gasteiger partial charge in [-0.25, -0.2) is 4.79 Å². The van der Waals surface area contributed by atoms with E-state index in [1.54, 1.807) is 0 Å². The molecule has 0 atom stereocenters. The number of urea groups is 1. The maximum atomic E-state index is 11.8. The largest absolute Gasteiger partial charge is 0.353 e. The van der Waals surface area contributed by atoms with Crippen LogP contribution in [-0.4, -0.2) is 77.2 Å². The zero-order valence-corrected chi connectivity index (χ0v) is 21.4. The third kappa shape index (κ3) is 17.6. The lowest BCUT2D eigenvalue weighted by atomic mass is 10.4. The highest BCUT2D eigenvalue weighted by Crippen LogP contribution is 2.04. The van der Waals surface area contributed by atoms with Gasteiger partial charge in [0.15, 0.2) is 12.6 Å². The second-order valence-corrected chi connectivity index (χ2v) is 10.5. The van der Waals surface area contributed by atoms with Crippen LogP contribution >= 0.6 is 0 Å². The highest BCUT2D eigenvalue weighted by atomic mass is 28.2. The number of ether oxygens (including phenoxy) is 4. The van der Waals surface area contributed by atoms with Crippen molar-refractivity contribution in [3.05, 3.63) is 0 Å². The molecule has 0 saturated carbocycles. The van der Waals surface area contributed by atoms with E-state index in [9.17, 15) is 4.79 Å². The quantitative estimate of drug-likeness (QED) is 0.173. The lowest BCUT2D eigenvalue weighted by molar-refractivity contribution is -0.123. The first-order chi connectivity index (χ1) is 13.7. The van der Waals surface area contributed by atoms with E-state index < -0.39 is 0 Å². The Morgan fingerprint density at radius 2 is 1.07 bits per heavy atom. The molecule has 0 heterocycles. The van der Waals surface area contributed by atoms with Gasteiger partial charge in [0.2, 0.25) is 0 Å². The van der Waals surface area contributed by atoms with Crippen LogP contribution in [0.5, 0.6) is 0 Å². The zero-order chi connectivity index (χ0) is 20.9. The van der Waals surface area contributed by atoms with Crippen molar-refractivity contribution < 1.29 is 23.7 Å². The summed E-state index contributed by atoms with van der Waals surface area (Å²) >= 11 is 0. The lowest BCUT2D eigenvalue weighted by Gasteiger charge is -2.16. The van der Waals surface area contributed by atoms with Gasteiger partial charge in [0.1, 0.15) is 0 Å². The van der Waals surface area contributed by atoms with Gasteiger partial charge >= 0.3 is 6.03 Å². The van der Waals surface area contributed by atoms with Crippen molar-refractivity contribution in [2.45, 2.75) is 77.3 Å². The monoisotopic (exact) mass is 436 g/mol. The number of amides is 2. The minimum Gasteiger partial charge on any atom is -0.353 e. The van der Waals surface area contributed by atoms with Crippen molar-refractivity contribution in [1.29, 1.82) is 0 Å². The first-order valence-corrected chi connectivity index (χ1v) is 15.2. The first kappa shape index (κ1) is 27.5. The topological polar surface area (TPSA) is 78.1 Å². The number of carbonyl (C=O) groups is 1. The fourth-order valence-electron chi connectivity index (χ4n) is 2.87. The lowest BCUT2D eigenvalue weighted by Crippen LogP contribution is -2.36. The number of rotatable bonds is 20. The summed E-state index contributed by atoms with van der Waals surface area (Å²) in [6, 6.07) is 4.44. The molecule has 7 nitrogen and oxygen atoms in total. The molecule has 0 spiro atoms. The smallest absolute Gasteiger partial charge is 0.314 e. The Morgan fingerprint density at radius 3 is 1.39 bits per heavy atom. The molecule has 168 valence electrons. The Bertz CT molecular complexity index is 312. The number of nitrogens with one attached hydrogen (secondary N) is 2. The van der Waals surface area contributed by atoms with Crippen molar-refractivity contribution >= 4 is 25.1 Å². The predicted molar refractivity (Wildman–Crippen MR) is 121 cm³/mol. The molecular weight excluding hydrogens is 392 g/mol. The van der Waals surface area contributed by atoms with Gasteiger partial charge in [-0.2, -0.15) is 0 Å². The third-order valence-electron chi connectivity index (χ3n) is 4.21. The summed E-state index contributed by atoms with van der Waals surface area (Å²) in [5, 5.41) is 5.89. The van der Waals surface area contributed by atoms with E-state index in [0.717, 1.165) is 38.0 Å². The van der Waals surface area contributed by atoms with Crippen LogP contribution in [0.3, 0.4) is 0 Å². The molecule has 0 fully saturated rings. The minimum atomic E-state index is -0.200. The van der Waals surface area contributed by atoms with E-state index in [1.807, 2.05) is 27.7 Å². The Balaban J connectivity index is 3.50. The van der Waals surface area contributed by atoms with Gasteiger partial charge < -0.3 is 29.6 Å². The highest BCUT2D eigenvalue weighted by molar-refractivity contribution is 6.35. The van der Waals surface area contributed by atoms with Crippen LogP contribution < -0.4 is 10.6 Å². The second-order valence-electron chi connectivity index (χ2n) is 6.56. The molecule has 0 aromatic heterocycles. The molecular formula is C19H44N2O5Si2. The van der Waals surface area contributed by atoms with Crippen molar-refractivity contribution in [3.63, 3.8) is 0 Å². The summed E-state index contributed by atoms with van der Waals surface area (Å²) in [4.78, 5) is 11.8. The maximum Gasteiger partial charge on any atom is 0.314 e. The predicted octanol–water partition coefficient (Wildman–Crippen LogP) is 1.87. The van der Waals surface area contributed by atoms with Crippen LogP contribution in [0, 0.1) is 0 Å². The van der Waals surface area contributed by atoms with Crippen LogP contribution in [0.15, 0.2) is 0 Å². The van der Waals surface area contributed by atoms with Crippen molar-refractivity contribution in [2.75, 3.05) is 39.5 Å². The van der Waals surface area contributed by atoms with Gasteiger partial charge in [-0.1, -0.05) is 12.1 Å². The van der Waals surface area contributed by atoms with E-state index in [2.05, 4.69) is 10.6 Å². The summed E-state index contributed by atoms with van der Waals surface area (Å²) < 4.78 is 22.2. The van der Waals surface area contributed by atoms with Crippen molar-refractivity contribution in [3.8, 4) is 0 Å². The summed E-state index contributed by atoms with van der Waals surface area (Å²) in [5.41, 5.74) is 0. The number of hydrogen-bond acceptors (Lipinski definition) is 5. The Hall–Kier alpha value is -0.456. The molecule has 0 radical (unpaired) electrons. The van der Waals surface area contributed by atoms with Gasteiger partial charge in [-0.3, -0.25) is 0 Å². The van der Waals surface area contributed by atoms with E-state index in [0.29, 0.717) is 26.4 Å². The number of hydrogen-bond donors (Lipinski definition) is 2. The second kappa shape index (κ2) is 21.3. The van der Waals surface area contributed by atoms with Crippen molar-refractivity contribution in [1.82, 2.24) is 10.6 Å². The van der Waals surface area contributed by atoms with Crippen LogP contribution in [-0.2, 0) is 18.9 Å². The van der Waals surface area contributed by atoms with Crippen LogP contribution in [0.4, 0.5) is 4.79 Å².